The van der Waals surface area contributed by atoms with Gasteiger partial charge in [0.1, 0.15) is 0 Å². The van der Waals surface area contributed by atoms with Gasteiger partial charge in [0, 0.05) is 6.54 Å². The molecule has 0 bridgehead atoms. The Labute approximate surface area is 119 Å². The Morgan fingerprint density at radius 1 is 1.06 bits per heavy atom. The molecule has 0 atom stereocenters. The van der Waals surface area contributed by atoms with Crippen molar-refractivity contribution in [3.8, 4) is 0 Å². The number of hydrogen-bond acceptors (Lipinski definition) is 4. The summed E-state index contributed by atoms with van der Waals surface area (Å²) in [6, 6.07) is 0. The molecule has 3 nitrogen and oxygen atoms in total. The van der Waals surface area contributed by atoms with Gasteiger partial charge in [0.05, 0.1) is 0 Å². The standard InChI is InChI=1S/C13H22ClN3S/c1-10-11(2)13(17-16-12(10)14)15-8-6-4-5-7-9-18-3/h4-9H2,1-3H3,(H,15,17). The van der Waals surface area contributed by atoms with Crippen molar-refractivity contribution in [1.82, 2.24) is 10.2 Å². The van der Waals surface area contributed by atoms with E-state index in [1.807, 2.05) is 25.6 Å². The summed E-state index contributed by atoms with van der Waals surface area (Å²) in [5, 5.41) is 11.8. The molecule has 18 heavy (non-hydrogen) atoms. The molecule has 0 saturated heterocycles. The molecular formula is C13H22ClN3S. The Morgan fingerprint density at radius 2 is 1.78 bits per heavy atom. The van der Waals surface area contributed by atoms with Crippen LogP contribution in [0.3, 0.4) is 0 Å². The van der Waals surface area contributed by atoms with Crippen LogP contribution in [0.5, 0.6) is 0 Å². The van der Waals surface area contributed by atoms with E-state index in [2.05, 4.69) is 21.8 Å². The van der Waals surface area contributed by atoms with Crippen molar-refractivity contribution in [1.29, 1.82) is 0 Å². The number of nitrogens with zero attached hydrogens (tertiary/aromatic N) is 2. The van der Waals surface area contributed by atoms with Gasteiger partial charge in [-0.15, -0.1) is 10.2 Å². The SMILES string of the molecule is CSCCCCCCNc1nnc(Cl)c(C)c1C. The Hall–Kier alpha value is -0.480. The van der Waals surface area contributed by atoms with E-state index in [0.29, 0.717) is 5.15 Å². The fraction of sp³-hybridized carbons (Fsp3) is 0.692. The number of thioether (sulfide) groups is 1. The summed E-state index contributed by atoms with van der Waals surface area (Å²) < 4.78 is 0. The molecule has 0 aromatic carbocycles. The molecule has 0 spiro atoms. The largest absolute Gasteiger partial charge is 0.368 e. The smallest absolute Gasteiger partial charge is 0.155 e. The van der Waals surface area contributed by atoms with E-state index in [4.69, 9.17) is 11.6 Å². The monoisotopic (exact) mass is 287 g/mol. The molecule has 0 saturated carbocycles. The normalized spacial score (nSPS) is 10.7. The lowest BCUT2D eigenvalue weighted by Crippen LogP contribution is -2.07. The number of unbranched alkanes of at least 4 members (excludes halogenated alkanes) is 3. The second-order valence-electron chi connectivity index (χ2n) is 4.42. The van der Waals surface area contributed by atoms with E-state index in [9.17, 15) is 0 Å². The molecule has 0 radical (unpaired) electrons. The van der Waals surface area contributed by atoms with Crippen LogP contribution in [0, 0.1) is 13.8 Å². The van der Waals surface area contributed by atoms with Gasteiger partial charge in [0.25, 0.3) is 0 Å². The minimum absolute atomic E-state index is 0.495. The van der Waals surface area contributed by atoms with Gasteiger partial charge in [-0.1, -0.05) is 24.4 Å². The zero-order chi connectivity index (χ0) is 13.4. The van der Waals surface area contributed by atoms with Crippen molar-refractivity contribution in [2.75, 3.05) is 23.9 Å². The first-order valence-electron chi connectivity index (χ1n) is 6.39. The minimum atomic E-state index is 0.495. The molecule has 0 amide bonds. The number of hydrogen-bond donors (Lipinski definition) is 1. The zero-order valence-corrected chi connectivity index (χ0v) is 13.0. The average Bonchev–Trinajstić information content (AvgIpc) is 2.37. The molecule has 0 aliphatic rings. The van der Waals surface area contributed by atoms with Gasteiger partial charge in [-0.2, -0.15) is 11.8 Å². The van der Waals surface area contributed by atoms with Gasteiger partial charge >= 0.3 is 0 Å². The van der Waals surface area contributed by atoms with E-state index in [1.54, 1.807) is 0 Å². The molecule has 0 aliphatic carbocycles. The molecule has 1 rings (SSSR count). The molecule has 1 heterocycles. The molecule has 102 valence electrons. The average molecular weight is 288 g/mol. The van der Waals surface area contributed by atoms with Gasteiger partial charge in [-0.3, -0.25) is 0 Å². The Morgan fingerprint density at radius 3 is 2.50 bits per heavy atom. The first-order chi connectivity index (χ1) is 8.66. The number of anilines is 1. The minimum Gasteiger partial charge on any atom is -0.368 e. The van der Waals surface area contributed by atoms with Crippen molar-refractivity contribution in [3.63, 3.8) is 0 Å². The molecule has 1 N–H and O–H groups in total. The third-order valence-electron chi connectivity index (χ3n) is 3.03. The molecule has 0 aliphatic heterocycles. The van der Waals surface area contributed by atoms with E-state index in [-0.39, 0.29) is 0 Å². The van der Waals surface area contributed by atoms with E-state index in [1.165, 1.54) is 31.4 Å². The van der Waals surface area contributed by atoms with Gasteiger partial charge in [-0.05, 0) is 49.8 Å². The van der Waals surface area contributed by atoms with Crippen LogP contribution in [0.1, 0.15) is 36.8 Å². The van der Waals surface area contributed by atoms with Crippen LogP contribution in [0.25, 0.3) is 0 Å². The lowest BCUT2D eigenvalue weighted by molar-refractivity contribution is 0.687. The highest BCUT2D eigenvalue weighted by molar-refractivity contribution is 7.98. The number of rotatable bonds is 8. The maximum atomic E-state index is 5.91. The lowest BCUT2D eigenvalue weighted by Gasteiger charge is -2.10. The summed E-state index contributed by atoms with van der Waals surface area (Å²) in [4.78, 5) is 0. The molecule has 1 aromatic rings. The quantitative estimate of drug-likeness (QED) is 0.731. The van der Waals surface area contributed by atoms with Crippen LogP contribution >= 0.6 is 23.4 Å². The summed E-state index contributed by atoms with van der Waals surface area (Å²) in [5.41, 5.74) is 2.10. The van der Waals surface area contributed by atoms with Gasteiger partial charge < -0.3 is 5.32 Å². The number of aromatic nitrogens is 2. The van der Waals surface area contributed by atoms with Crippen molar-refractivity contribution in [2.45, 2.75) is 39.5 Å². The summed E-state index contributed by atoms with van der Waals surface area (Å²) >= 11 is 7.84. The highest BCUT2D eigenvalue weighted by atomic mass is 35.5. The summed E-state index contributed by atoms with van der Waals surface area (Å²) in [7, 11) is 0. The highest BCUT2D eigenvalue weighted by Crippen LogP contribution is 2.20. The lowest BCUT2D eigenvalue weighted by atomic mass is 10.2. The summed E-state index contributed by atoms with van der Waals surface area (Å²) in [6.07, 6.45) is 7.24. The topological polar surface area (TPSA) is 37.8 Å². The molecule has 0 unspecified atom stereocenters. The second-order valence-corrected chi connectivity index (χ2v) is 5.77. The van der Waals surface area contributed by atoms with Crippen molar-refractivity contribution in [3.05, 3.63) is 16.3 Å². The van der Waals surface area contributed by atoms with Crippen molar-refractivity contribution in [2.24, 2.45) is 0 Å². The first kappa shape index (κ1) is 15.6. The van der Waals surface area contributed by atoms with Crippen LogP contribution in [0.4, 0.5) is 5.82 Å². The Kier molecular flexibility index (Phi) is 7.44. The van der Waals surface area contributed by atoms with Gasteiger partial charge in [-0.25, -0.2) is 0 Å². The Bertz CT molecular complexity index is 371. The van der Waals surface area contributed by atoms with Gasteiger partial charge in [0.15, 0.2) is 11.0 Å². The third-order valence-corrected chi connectivity index (χ3v) is 4.09. The number of nitrogens with one attached hydrogen (secondary N) is 1. The second kappa shape index (κ2) is 8.59. The zero-order valence-electron chi connectivity index (χ0n) is 11.4. The predicted octanol–water partition coefficient (Wildman–Crippen LogP) is 4.08. The van der Waals surface area contributed by atoms with Crippen LogP contribution in [0.2, 0.25) is 5.15 Å². The number of halogens is 1. The third kappa shape index (κ3) is 5.02. The van der Waals surface area contributed by atoms with Crippen LogP contribution in [-0.4, -0.2) is 28.8 Å². The predicted molar refractivity (Wildman–Crippen MR) is 81.9 cm³/mol. The highest BCUT2D eigenvalue weighted by Gasteiger charge is 2.06. The van der Waals surface area contributed by atoms with Gasteiger partial charge in [0.2, 0.25) is 0 Å². The Balaban J connectivity index is 2.25. The van der Waals surface area contributed by atoms with E-state index >= 15 is 0 Å². The maximum Gasteiger partial charge on any atom is 0.155 e. The molecular weight excluding hydrogens is 266 g/mol. The maximum absolute atomic E-state index is 5.91. The fourth-order valence-electron chi connectivity index (χ4n) is 1.68. The first-order valence-corrected chi connectivity index (χ1v) is 8.16. The molecule has 5 heteroatoms. The van der Waals surface area contributed by atoms with Crippen molar-refractivity contribution < 1.29 is 0 Å². The van der Waals surface area contributed by atoms with Crippen molar-refractivity contribution >= 4 is 29.2 Å². The van der Waals surface area contributed by atoms with Crippen LogP contribution in [0.15, 0.2) is 0 Å². The summed E-state index contributed by atoms with van der Waals surface area (Å²) in [5.74, 6) is 2.13. The molecule has 1 aromatic heterocycles. The summed E-state index contributed by atoms with van der Waals surface area (Å²) in [6.45, 7) is 4.95. The van der Waals surface area contributed by atoms with E-state index < -0.39 is 0 Å². The fourth-order valence-corrected chi connectivity index (χ4v) is 2.35. The van der Waals surface area contributed by atoms with Crippen LogP contribution < -0.4 is 5.32 Å². The molecule has 0 fully saturated rings. The van der Waals surface area contributed by atoms with E-state index in [0.717, 1.165) is 23.5 Å². The van der Waals surface area contributed by atoms with Crippen LogP contribution in [-0.2, 0) is 0 Å².